The zero-order chi connectivity index (χ0) is 25.2. The van der Waals surface area contributed by atoms with Gasteiger partial charge in [-0.2, -0.15) is 0 Å². The molecule has 6 rings (SSSR count). The molecule has 3 unspecified atom stereocenters. The summed E-state index contributed by atoms with van der Waals surface area (Å²) in [4.78, 5) is 0. The Morgan fingerprint density at radius 2 is 1.43 bits per heavy atom. The second-order valence-electron chi connectivity index (χ2n) is 10.3. The molecule has 4 heteroatoms. The largest absolute Gasteiger partial charge is 0.392 e. The Hall–Kier alpha value is -3.44. The second kappa shape index (κ2) is 10.5. The van der Waals surface area contributed by atoms with E-state index >= 15 is 0 Å². The number of aliphatic hydroxyl groups excluding tert-OH is 2. The normalized spacial score (nSPS) is 18.9. The summed E-state index contributed by atoms with van der Waals surface area (Å²) in [6.45, 7) is 0.901. The van der Waals surface area contributed by atoms with Crippen LogP contribution < -0.4 is 5.32 Å². The van der Waals surface area contributed by atoms with Gasteiger partial charge in [0.15, 0.2) is 0 Å². The van der Waals surface area contributed by atoms with E-state index in [9.17, 15) is 10.2 Å². The third kappa shape index (κ3) is 4.69. The van der Waals surface area contributed by atoms with E-state index in [-0.39, 0.29) is 12.1 Å². The van der Waals surface area contributed by atoms with Crippen molar-refractivity contribution in [2.75, 3.05) is 6.54 Å². The number of fused-ring (bicyclic) bond motifs is 3. The number of rotatable bonds is 7. The van der Waals surface area contributed by atoms with Crippen LogP contribution in [-0.2, 0) is 6.54 Å². The summed E-state index contributed by atoms with van der Waals surface area (Å²) in [5, 5.41) is 28.8. The van der Waals surface area contributed by atoms with E-state index < -0.39 is 6.10 Å². The molecule has 0 bridgehead atoms. The van der Waals surface area contributed by atoms with Crippen LogP contribution in [0, 0.1) is 0 Å². The van der Waals surface area contributed by atoms with E-state index in [1.807, 2.05) is 6.07 Å². The SMILES string of the molecule is OC(CNC1CCCCC1O)Cn1c(-c2ccccc2)c(-c2ccccc2)c2ccc3ccccc3c21. The zero-order valence-electron chi connectivity index (χ0n) is 21.1. The maximum absolute atomic E-state index is 11.3. The van der Waals surface area contributed by atoms with Gasteiger partial charge in [0.05, 0.1) is 30.0 Å². The van der Waals surface area contributed by atoms with Crippen molar-refractivity contribution in [1.82, 2.24) is 9.88 Å². The maximum atomic E-state index is 11.3. The molecule has 1 aromatic heterocycles. The Balaban J connectivity index is 1.51. The molecule has 1 fully saturated rings. The van der Waals surface area contributed by atoms with Crippen LogP contribution in [0.3, 0.4) is 0 Å². The fraction of sp³-hybridized carbons (Fsp3) is 0.273. The zero-order valence-corrected chi connectivity index (χ0v) is 21.1. The Morgan fingerprint density at radius 3 is 2.19 bits per heavy atom. The molecule has 3 N–H and O–H groups in total. The van der Waals surface area contributed by atoms with Gasteiger partial charge in [-0.3, -0.25) is 0 Å². The van der Waals surface area contributed by atoms with Gasteiger partial charge in [0, 0.05) is 28.9 Å². The predicted octanol–water partition coefficient (Wildman–Crippen LogP) is 6.38. The molecule has 0 aliphatic heterocycles. The highest BCUT2D eigenvalue weighted by atomic mass is 16.3. The molecule has 0 amide bonds. The summed E-state index contributed by atoms with van der Waals surface area (Å²) in [5.41, 5.74) is 5.75. The van der Waals surface area contributed by atoms with Crippen molar-refractivity contribution >= 4 is 21.7 Å². The Labute approximate surface area is 218 Å². The van der Waals surface area contributed by atoms with Crippen LogP contribution in [0.4, 0.5) is 0 Å². The molecule has 4 aromatic carbocycles. The number of nitrogens with zero attached hydrogens (tertiary/aromatic N) is 1. The average molecular weight is 491 g/mol. The van der Waals surface area contributed by atoms with Gasteiger partial charge in [-0.25, -0.2) is 0 Å². The first kappa shape index (κ1) is 23.9. The minimum atomic E-state index is -0.602. The van der Waals surface area contributed by atoms with Gasteiger partial charge in [0.25, 0.3) is 0 Å². The summed E-state index contributed by atoms with van der Waals surface area (Å²) < 4.78 is 2.32. The lowest BCUT2D eigenvalue weighted by Gasteiger charge is -2.29. The highest BCUT2D eigenvalue weighted by molar-refractivity contribution is 6.15. The summed E-state index contributed by atoms with van der Waals surface area (Å²) in [6, 6.07) is 34.0. The molecule has 1 saturated carbocycles. The third-order valence-corrected chi connectivity index (χ3v) is 7.79. The second-order valence-corrected chi connectivity index (χ2v) is 10.3. The number of hydrogen-bond acceptors (Lipinski definition) is 3. The highest BCUT2D eigenvalue weighted by Gasteiger charge is 2.25. The number of benzene rings is 4. The minimum Gasteiger partial charge on any atom is -0.392 e. The molecule has 0 saturated heterocycles. The van der Waals surface area contributed by atoms with E-state index in [0.717, 1.165) is 42.5 Å². The van der Waals surface area contributed by atoms with E-state index in [1.54, 1.807) is 0 Å². The Bertz CT molecular complexity index is 1490. The summed E-state index contributed by atoms with van der Waals surface area (Å²) in [7, 11) is 0. The van der Waals surface area contributed by atoms with Gasteiger partial charge in [-0.15, -0.1) is 0 Å². The molecule has 0 spiro atoms. The molecule has 0 radical (unpaired) electrons. The first-order valence-electron chi connectivity index (χ1n) is 13.4. The fourth-order valence-corrected chi connectivity index (χ4v) is 6.01. The van der Waals surface area contributed by atoms with Crippen LogP contribution in [0.1, 0.15) is 25.7 Å². The lowest BCUT2D eigenvalue weighted by Crippen LogP contribution is -2.45. The van der Waals surface area contributed by atoms with Crippen molar-refractivity contribution in [3.63, 3.8) is 0 Å². The molecular formula is C33H34N2O2. The van der Waals surface area contributed by atoms with Crippen molar-refractivity contribution in [2.45, 2.75) is 50.5 Å². The van der Waals surface area contributed by atoms with E-state index in [2.05, 4.69) is 101 Å². The van der Waals surface area contributed by atoms with Gasteiger partial charge in [-0.1, -0.05) is 110 Å². The van der Waals surface area contributed by atoms with E-state index in [0.29, 0.717) is 13.1 Å². The molecular weight excluding hydrogens is 456 g/mol. The molecule has 37 heavy (non-hydrogen) atoms. The lowest BCUT2D eigenvalue weighted by molar-refractivity contribution is 0.0773. The summed E-state index contributed by atoms with van der Waals surface area (Å²) >= 11 is 0. The smallest absolute Gasteiger partial charge is 0.0843 e. The third-order valence-electron chi connectivity index (χ3n) is 7.79. The molecule has 1 heterocycles. The van der Waals surface area contributed by atoms with E-state index in [1.165, 1.54) is 27.3 Å². The molecule has 5 aromatic rings. The fourth-order valence-electron chi connectivity index (χ4n) is 6.01. The number of aliphatic hydroxyl groups is 2. The highest BCUT2D eigenvalue weighted by Crippen LogP contribution is 2.43. The van der Waals surface area contributed by atoms with Crippen molar-refractivity contribution in [3.8, 4) is 22.4 Å². The van der Waals surface area contributed by atoms with Crippen LogP contribution in [-0.4, -0.2) is 39.6 Å². The number of nitrogens with one attached hydrogen (secondary N) is 1. The Kier molecular flexibility index (Phi) is 6.79. The van der Waals surface area contributed by atoms with Crippen molar-refractivity contribution in [3.05, 3.63) is 97.1 Å². The topological polar surface area (TPSA) is 57.4 Å². The molecule has 1 aliphatic rings. The van der Waals surface area contributed by atoms with Gasteiger partial charge >= 0.3 is 0 Å². The van der Waals surface area contributed by atoms with Gasteiger partial charge in [-0.05, 0) is 29.4 Å². The van der Waals surface area contributed by atoms with Crippen molar-refractivity contribution in [1.29, 1.82) is 0 Å². The molecule has 188 valence electrons. The van der Waals surface area contributed by atoms with Crippen LogP contribution in [0.25, 0.3) is 44.1 Å². The Morgan fingerprint density at radius 1 is 0.757 bits per heavy atom. The van der Waals surface area contributed by atoms with Crippen molar-refractivity contribution < 1.29 is 10.2 Å². The number of hydrogen-bond donors (Lipinski definition) is 3. The summed E-state index contributed by atoms with van der Waals surface area (Å²) in [5.74, 6) is 0. The van der Waals surface area contributed by atoms with Crippen LogP contribution >= 0.6 is 0 Å². The average Bonchev–Trinajstić information content (AvgIpc) is 3.28. The maximum Gasteiger partial charge on any atom is 0.0843 e. The van der Waals surface area contributed by atoms with Gasteiger partial charge in [0.1, 0.15) is 0 Å². The van der Waals surface area contributed by atoms with E-state index in [4.69, 9.17) is 0 Å². The van der Waals surface area contributed by atoms with Crippen LogP contribution in [0.15, 0.2) is 97.1 Å². The number of aromatic nitrogens is 1. The molecule has 3 atom stereocenters. The van der Waals surface area contributed by atoms with Crippen molar-refractivity contribution in [2.24, 2.45) is 0 Å². The van der Waals surface area contributed by atoms with Gasteiger partial charge < -0.3 is 20.1 Å². The molecule has 1 aliphatic carbocycles. The first-order valence-corrected chi connectivity index (χ1v) is 13.4. The van der Waals surface area contributed by atoms with Crippen LogP contribution in [0.5, 0.6) is 0 Å². The minimum absolute atomic E-state index is 0.0547. The quantitative estimate of drug-likeness (QED) is 0.248. The monoisotopic (exact) mass is 490 g/mol. The standard InChI is InChI=1S/C33H34N2O2/c36-26(21-34-29-17-9-10-18-30(29)37)22-35-32(25-14-5-2-6-15-25)31(24-12-3-1-4-13-24)28-20-19-23-11-7-8-16-27(23)33(28)35/h1-8,11-16,19-20,26,29-30,34,36-37H,9-10,17-18,21-22H2. The van der Waals surface area contributed by atoms with Gasteiger partial charge in [0.2, 0.25) is 0 Å². The molecule has 4 nitrogen and oxygen atoms in total. The van der Waals surface area contributed by atoms with Crippen LogP contribution in [0.2, 0.25) is 0 Å². The first-order chi connectivity index (χ1) is 18.2. The predicted molar refractivity (Wildman–Crippen MR) is 153 cm³/mol. The lowest BCUT2D eigenvalue weighted by atomic mass is 9.92. The summed E-state index contributed by atoms with van der Waals surface area (Å²) in [6.07, 6.45) is 3.06.